The van der Waals surface area contributed by atoms with E-state index in [1.165, 1.54) is 4.90 Å². The number of likely N-dealkylation sites (tertiary alicyclic amines) is 1. The van der Waals surface area contributed by atoms with Crippen LogP contribution in [0.25, 0.3) is 0 Å². The summed E-state index contributed by atoms with van der Waals surface area (Å²) in [5.41, 5.74) is 1.18. The lowest BCUT2D eigenvalue weighted by Gasteiger charge is -2.21. The molecule has 0 radical (unpaired) electrons. The SMILES string of the molecule is O=C(O)C1CCCN1C(=O)c1ccc(CO)cc1. The number of carbonyl (C=O) groups excluding carboxylic acids is 1. The van der Waals surface area contributed by atoms with Crippen molar-refractivity contribution in [2.24, 2.45) is 0 Å². The topological polar surface area (TPSA) is 77.8 Å². The molecule has 1 aliphatic rings. The Kier molecular flexibility index (Phi) is 3.62. The highest BCUT2D eigenvalue weighted by molar-refractivity contribution is 5.97. The lowest BCUT2D eigenvalue weighted by atomic mass is 10.1. The summed E-state index contributed by atoms with van der Waals surface area (Å²) >= 11 is 0. The Hall–Kier alpha value is -1.88. The van der Waals surface area contributed by atoms with Gasteiger partial charge >= 0.3 is 5.97 Å². The summed E-state index contributed by atoms with van der Waals surface area (Å²) in [6, 6.07) is 5.85. The van der Waals surface area contributed by atoms with Gasteiger partial charge in [0.05, 0.1) is 6.61 Å². The molecule has 1 aromatic rings. The molecule has 18 heavy (non-hydrogen) atoms. The minimum Gasteiger partial charge on any atom is -0.480 e. The van der Waals surface area contributed by atoms with E-state index in [-0.39, 0.29) is 12.5 Å². The molecule has 5 nitrogen and oxygen atoms in total. The molecule has 1 atom stereocenters. The van der Waals surface area contributed by atoms with E-state index in [1.807, 2.05) is 0 Å². The van der Waals surface area contributed by atoms with E-state index in [9.17, 15) is 9.59 Å². The van der Waals surface area contributed by atoms with Crippen LogP contribution in [-0.4, -0.2) is 39.6 Å². The number of rotatable bonds is 3. The number of aliphatic carboxylic acids is 1. The molecule has 0 spiro atoms. The number of carboxylic acids is 1. The van der Waals surface area contributed by atoms with E-state index in [2.05, 4.69) is 0 Å². The third kappa shape index (κ3) is 2.36. The van der Waals surface area contributed by atoms with Crippen molar-refractivity contribution in [2.75, 3.05) is 6.54 Å². The van der Waals surface area contributed by atoms with Crippen LogP contribution >= 0.6 is 0 Å². The Balaban J connectivity index is 2.17. The molecule has 2 rings (SSSR count). The van der Waals surface area contributed by atoms with Gasteiger partial charge in [0.1, 0.15) is 6.04 Å². The Morgan fingerprint density at radius 3 is 2.50 bits per heavy atom. The molecule has 1 amide bonds. The monoisotopic (exact) mass is 249 g/mol. The molecule has 0 bridgehead atoms. The highest BCUT2D eigenvalue weighted by Gasteiger charge is 2.34. The first-order valence-corrected chi connectivity index (χ1v) is 5.87. The first-order valence-electron chi connectivity index (χ1n) is 5.87. The van der Waals surface area contributed by atoms with Gasteiger partial charge in [-0.3, -0.25) is 4.79 Å². The quantitative estimate of drug-likeness (QED) is 0.833. The number of amides is 1. The fourth-order valence-corrected chi connectivity index (χ4v) is 2.19. The van der Waals surface area contributed by atoms with Crippen LogP contribution in [0.5, 0.6) is 0 Å². The first kappa shape index (κ1) is 12.6. The van der Waals surface area contributed by atoms with Crippen molar-refractivity contribution in [3.63, 3.8) is 0 Å². The molecule has 0 aromatic heterocycles. The maximum atomic E-state index is 12.2. The predicted octanol–water partition coefficient (Wildman–Crippen LogP) is 0.868. The lowest BCUT2D eigenvalue weighted by molar-refractivity contribution is -0.141. The summed E-state index contributed by atoms with van der Waals surface area (Å²) in [7, 11) is 0. The second-order valence-corrected chi connectivity index (χ2v) is 4.35. The van der Waals surface area contributed by atoms with Crippen molar-refractivity contribution in [3.8, 4) is 0 Å². The van der Waals surface area contributed by atoms with E-state index in [1.54, 1.807) is 24.3 Å². The molecule has 1 unspecified atom stereocenters. The molecule has 1 aliphatic heterocycles. The molecule has 1 aromatic carbocycles. The van der Waals surface area contributed by atoms with Crippen LogP contribution < -0.4 is 0 Å². The number of benzene rings is 1. The van der Waals surface area contributed by atoms with Gasteiger partial charge in [-0.25, -0.2) is 4.79 Å². The smallest absolute Gasteiger partial charge is 0.326 e. The van der Waals surface area contributed by atoms with E-state index in [0.29, 0.717) is 18.5 Å². The Bertz CT molecular complexity index is 455. The summed E-state index contributed by atoms with van der Waals surface area (Å²) in [5, 5.41) is 18.0. The molecular formula is C13H15NO4. The zero-order valence-corrected chi connectivity index (χ0v) is 9.87. The maximum absolute atomic E-state index is 12.2. The Morgan fingerprint density at radius 2 is 1.94 bits per heavy atom. The van der Waals surface area contributed by atoms with Crippen LogP contribution in [-0.2, 0) is 11.4 Å². The molecule has 0 aliphatic carbocycles. The third-order valence-corrected chi connectivity index (χ3v) is 3.18. The van der Waals surface area contributed by atoms with Crippen LogP contribution in [0.2, 0.25) is 0 Å². The highest BCUT2D eigenvalue weighted by Crippen LogP contribution is 2.20. The normalized spacial score (nSPS) is 18.9. The summed E-state index contributed by atoms with van der Waals surface area (Å²) in [6.07, 6.45) is 1.23. The van der Waals surface area contributed by atoms with Crippen molar-refractivity contribution in [1.82, 2.24) is 4.90 Å². The van der Waals surface area contributed by atoms with E-state index in [0.717, 1.165) is 12.0 Å². The summed E-state index contributed by atoms with van der Waals surface area (Å²) < 4.78 is 0. The Labute approximate surface area is 105 Å². The zero-order valence-electron chi connectivity index (χ0n) is 9.87. The van der Waals surface area contributed by atoms with Crippen molar-refractivity contribution < 1.29 is 19.8 Å². The van der Waals surface area contributed by atoms with Gasteiger partial charge in [-0.15, -0.1) is 0 Å². The van der Waals surface area contributed by atoms with Crippen molar-refractivity contribution in [1.29, 1.82) is 0 Å². The molecule has 2 N–H and O–H groups in total. The van der Waals surface area contributed by atoms with Crippen LogP contribution in [0.3, 0.4) is 0 Å². The van der Waals surface area contributed by atoms with Gasteiger partial charge < -0.3 is 15.1 Å². The zero-order chi connectivity index (χ0) is 13.1. The van der Waals surface area contributed by atoms with E-state index in [4.69, 9.17) is 10.2 Å². The minimum atomic E-state index is -0.951. The Morgan fingerprint density at radius 1 is 1.28 bits per heavy atom. The van der Waals surface area contributed by atoms with Crippen LogP contribution in [0, 0.1) is 0 Å². The first-order chi connectivity index (χ1) is 8.63. The number of aliphatic hydroxyl groups excluding tert-OH is 1. The molecule has 1 fully saturated rings. The molecular weight excluding hydrogens is 234 g/mol. The lowest BCUT2D eigenvalue weighted by Crippen LogP contribution is -2.40. The number of carboxylic acid groups (broad SMARTS) is 1. The molecule has 1 saturated heterocycles. The summed E-state index contributed by atoms with van der Waals surface area (Å²) in [4.78, 5) is 24.6. The van der Waals surface area contributed by atoms with Gasteiger partial charge in [-0.05, 0) is 30.5 Å². The van der Waals surface area contributed by atoms with Crippen molar-refractivity contribution in [2.45, 2.75) is 25.5 Å². The largest absolute Gasteiger partial charge is 0.480 e. The number of nitrogens with zero attached hydrogens (tertiary/aromatic N) is 1. The van der Waals surface area contributed by atoms with Gasteiger partial charge in [0.15, 0.2) is 0 Å². The standard InChI is InChI=1S/C13H15NO4/c15-8-9-3-5-10(6-4-9)12(16)14-7-1-2-11(14)13(17)18/h3-6,11,15H,1-2,7-8H2,(H,17,18). The van der Waals surface area contributed by atoms with Gasteiger partial charge in [-0.1, -0.05) is 12.1 Å². The fraction of sp³-hybridized carbons (Fsp3) is 0.385. The second-order valence-electron chi connectivity index (χ2n) is 4.35. The van der Waals surface area contributed by atoms with Gasteiger partial charge in [0.25, 0.3) is 5.91 Å². The van der Waals surface area contributed by atoms with Crippen LogP contribution in [0.4, 0.5) is 0 Å². The number of hydrogen-bond donors (Lipinski definition) is 2. The third-order valence-electron chi connectivity index (χ3n) is 3.18. The average molecular weight is 249 g/mol. The van der Waals surface area contributed by atoms with Gasteiger partial charge in [-0.2, -0.15) is 0 Å². The molecule has 1 heterocycles. The minimum absolute atomic E-state index is 0.0735. The van der Waals surface area contributed by atoms with Crippen molar-refractivity contribution in [3.05, 3.63) is 35.4 Å². The predicted molar refractivity (Wildman–Crippen MR) is 64.1 cm³/mol. The van der Waals surface area contributed by atoms with Gasteiger partial charge in [0.2, 0.25) is 0 Å². The summed E-state index contributed by atoms with van der Waals surface area (Å²) in [5.74, 6) is -1.21. The van der Waals surface area contributed by atoms with E-state index < -0.39 is 12.0 Å². The second kappa shape index (κ2) is 5.18. The number of carbonyl (C=O) groups is 2. The number of hydrogen-bond acceptors (Lipinski definition) is 3. The summed E-state index contributed by atoms with van der Waals surface area (Å²) in [6.45, 7) is 0.410. The van der Waals surface area contributed by atoms with Crippen molar-refractivity contribution >= 4 is 11.9 Å². The van der Waals surface area contributed by atoms with Gasteiger partial charge in [0, 0.05) is 12.1 Å². The molecule has 96 valence electrons. The number of aliphatic hydroxyl groups is 1. The molecule has 5 heteroatoms. The van der Waals surface area contributed by atoms with E-state index >= 15 is 0 Å². The highest BCUT2D eigenvalue weighted by atomic mass is 16.4. The fourth-order valence-electron chi connectivity index (χ4n) is 2.19. The van der Waals surface area contributed by atoms with Crippen LogP contribution in [0.15, 0.2) is 24.3 Å². The van der Waals surface area contributed by atoms with Crippen LogP contribution in [0.1, 0.15) is 28.8 Å². The average Bonchev–Trinajstić information content (AvgIpc) is 2.87. The maximum Gasteiger partial charge on any atom is 0.326 e. The molecule has 0 saturated carbocycles.